The number of nitrogens with one attached hydrogen (secondary N) is 1. The minimum atomic E-state index is 0.699. The summed E-state index contributed by atoms with van der Waals surface area (Å²) >= 11 is 0. The second-order valence-corrected chi connectivity index (χ2v) is 6.05. The summed E-state index contributed by atoms with van der Waals surface area (Å²) in [5, 5.41) is 3.51. The Morgan fingerprint density at radius 1 is 1.08 bits per heavy atom. The smallest absolute Gasteiger partial charge is 0.180 e. The van der Waals surface area contributed by atoms with E-state index in [9.17, 15) is 0 Å². The van der Waals surface area contributed by atoms with E-state index in [4.69, 9.17) is 9.97 Å². The molecular formula is C19H19N5. The van der Waals surface area contributed by atoms with Crippen LogP contribution in [0.5, 0.6) is 0 Å². The molecule has 1 N–H and O–H groups in total. The molecule has 3 aromatic heterocycles. The lowest BCUT2D eigenvalue weighted by molar-refractivity contribution is 0.899. The minimum Gasteiger partial charge on any atom is -0.366 e. The van der Waals surface area contributed by atoms with Crippen LogP contribution in [0.1, 0.15) is 28.8 Å². The zero-order valence-electron chi connectivity index (χ0n) is 13.7. The fourth-order valence-corrected chi connectivity index (χ4v) is 3.07. The Morgan fingerprint density at radius 3 is 2.88 bits per heavy atom. The van der Waals surface area contributed by atoms with Gasteiger partial charge in [0.1, 0.15) is 11.5 Å². The highest BCUT2D eigenvalue weighted by Gasteiger charge is 2.20. The van der Waals surface area contributed by atoms with Crippen molar-refractivity contribution < 1.29 is 0 Å². The molecule has 3 aromatic rings. The van der Waals surface area contributed by atoms with Gasteiger partial charge in [-0.05, 0) is 55.5 Å². The normalized spacial score (nSPS) is 12.9. The van der Waals surface area contributed by atoms with Gasteiger partial charge in [0.05, 0.1) is 0 Å². The lowest BCUT2D eigenvalue weighted by atomic mass is 10.1. The lowest BCUT2D eigenvalue weighted by Gasteiger charge is -2.13. The largest absolute Gasteiger partial charge is 0.366 e. The van der Waals surface area contributed by atoms with Crippen molar-refractivity contribution in [2.75, 3.05) is 5.32 Å². The summed E-state index contributed by atoms with van der Waals surface area (Å²) in [6, 6.07) is 7.87. The van der Waals surface area contributed by atoms with Gasteiger partial charge in [0.15, 0.2) is 5.82 Å². The SMILES string of the molecule is Cc1cnccc1CNc1nc(-c2ccccn2)nc2c1CCC2. The predicted octanol–water partition coefficient (Wildman–Crippen LogP) is 3.34. The van der Waals surface area contributed by atoms with Gasteiger partial charge in [0, 0.05) is 36.4 Å². The Balaban J connectivity index is 1.67. The van der Waals surface area contributed by atoms with E-state index in [1.807, 2.05) is 36.7 Å². The minimum absolute atomic E-state index is 0.699. The molecular weight excluding hydrogens is 298 g/mol. The van der Waals surface area contributed by atoms with Gasteiger partial charge in [-0.15, -0.1) is 0 Å². The van der Waals surface area contributed by atoms with E-state index in [-0.39, 0.29) is 0 Å². The zero-order chi connectivity index (χ0) is 16.4. The van der Waals surface area contributed by atoms with E-state index in [2.05, 4.69) is 22.2 Å². The molecule has 0 fully saturated rings. The Labute approximate surface area is 141 Å². The van der Waals surface area contributed by atoms with Crippen LogP contribution in [-0.4, -0.2) is 19.9 Å². The van der Waals surface area contributed by atoms with Gasteiger partial charge in [-0.1, -0.05) is 6.07 Å². The van der Waals surface area contributed by atoms with Crippen molar-refractivity contribution >= 4 is 5.82 Å². The van der Waals surface area contributed by atoms with Crippen LogP contribution in [0.3, 0.4) is 0 Å². The van der Waals surface area contributed by atoms with Crippen molar-refractivity contribution in [3.05, 3.63) is 65.2 Å². The van der Waals surface area contributed by atoms with Crippen molar-refractivity contribution in [2.24, 2.45) is 0 Å². The monoisotopic (exact) mass is 317 g/mol. The highest BCUT2D eigenvalue weighted by Crippen LogP contribution is 2.29. The first-order valence-electron chi connectivity index (χ1n) is 8.26. The fraction of sp³-hybridized carbons (Fsp3) is 0.263. The van der Waals surface area contributed by atoms with Crippen LogP contribution in [0.4, 0.5) is 5.82 Å². The topological polar surface area (TPSA) is 63.6 Å². The molecule has 5 heteroatoms. The third-order valence-corrected chi connectivity index (χ3v) is 4.41. The number of fused-ring (bicyclic) bond motifs is 1. The highest BCUT2D eigenvalue weighted by molar-refractivity contribution is 5.57. The molecule has 0 unspecified atom stereocenters. The maximum atomic E-state index is 4.76. The quantitative estimate of drug-likeness (QED) is 0.799. The molecule has 0 saturated heterocycles. The summed E-state index contributed by atoms with van der Waals surface area (Å²) in [5.74, 6) is 1.64. The third kappa shape index (κ3) is 2.85. The van der Waals surface area contributed by atoms with Crippen molar-refractivity contribution in [1.82, 2.24) is 19.9 Å². The molecule has 0 radical (unpaired) electrons. The second-order valence-electron chi connectivity index (χ2n) is 6.05. The fourth-order valence-electron chi connectivity index (χ4n) is 3.07. The number of hydrogen-bond acceptors (Lipinski definition) is 5. The standard InChI is InChI=1S/C19H19N5/c1-13-11-20-10-8-14(13)12-22-18-15-5-4-7-16(15)23-19(24-18)17-6-2-3-9-21-17/h2-3,6,8-11H,4-5,7,12H2,1H3,(H,22,23,24). The van der Waals surface area contributed by atoms with E-state index in [0.29, 0.717) is 5.82 Å². The van der Waals surface area contributed by atoms with Crippen LogP contribution in [-0.2, 0) is 19.4 Å². The Hall–Kier alpha value is -2.82. The summed E-state index contributed by atoms with van der Waals surface area (Å²) in [4.78, 5) is 18.0. The molecule has 0 atom stereocenters. The number of anilines is 1. The van der Waals surface area contributed by atoms with Crippen LogP contribution in [0.2, 0.25) is 0 Å². The molecule has 1 aliphatic carbocycles. The van der Waals surface area contributed by atoms with Crippen molar-refractivity contribution in [1.29, 1.82) is 0 Å². The number of nitrogens with zero attached hydrogens (tertiary/aromatic N) is 4. The van der Waals surface area contributed by atoms with Gasteiger partial charge in [0.2, 0.25) is 0 Å². The molecule has 0 amide bonds. The molecule has 1 aliphatic rings. The first-order valence-corrected chi connectivity index (χ1v) is 8.26. The second kappa shape index (κ2) is 6.35. The van der Waals surface area contributed by atoms with Crippen LogP contribution >= 0.6 is 0 Å². The lowest BCUT2D eigenvalue weighted by Crippen LogP contribution is -2.08. The molecule has 24 heavy (non-hydrogen) atoms. The molecule has 0 bridgehead atoms. The summed E-state index contributed by atoms with van der Waals surface area (Å²) in [5.41, 5.74) is 5.63. The molecule has 120 valence electrons. The van der Waals surface area contributed by atoms with Crippen LogP contribution in [0.15, 0.2) is 42.9 Å². The highest BCUT2D eigenvalue weighted by atomic mass is 15.0. The van der Waals surface area contributed by atoms with Gasteiger partial charge < -0.3 is 5.32 Å². The van der Waals surface area contributed by atoms with E-state index in [1.165, 1.54) is 16.7 Å². The average molecular weight is 317 g/mol. The van der Waals surface area contributed by atoms with E-state index in [0.717, 1.165) is 43.0 Å². The number of hydrogen-bond donors (Lipinski definition) is 1. The van der Waals surface area contributed by atoms with E-state index < -0.39 is 0 Å². The van der Waals surface area contributed by atoms with Gasteiger partial charge in [0.25, 0.3) is 0 Å². The molecule has 0 aromatic carbocycles. The number of rotatable bonds is 4. The van der Waals surface area contributed by atoms with Gasteiger partial charge in [-0.3, -0.25) is 9.97 Å². The summed E-state index contributed by atoms with van der Waals surface area (Å²) < 4.78 is 0. The van der Waals surface area contributed by atoms with Crippen molar-refractivity contribution in [3.63, 3.8) is 0 Å². The molecule has 0 aliphatic heterocycles. The van der Waals surface area contributed by atoms with Gasteiger partial charge in [-0.25, -0.2) is 9.97 Å². The molecule has 5 nitrogen and oxygen atoms in total. The third-order valence-electron chi connectivity index (χ3n) is 4.41. The number of pyridine rings is 2. The molecule has 0 spiro atoms. The summed E-state index contributed by atoms with van der Waals surface area (Å²) in [6.07, 6.45) is 8.68. The van der Waals surface area contributed by atoms with Gasteiger partial charge >= 0.3 is 0 Å². The van der Waals surface area contributed by atoms with Gasteiger partial charge in [-0.2, -0.15) is 0 Å². The summed E-state index contributed by atoms with van der Waals surface area (Å²) in [7, 11) is 0. The Morgan fingerprint density at radius 2 is 2.04 bits per heavy atom. The Kier molecular flexibility index (Phi) is 3.91. The molecule has 3 heterocycles. The van der Waals surface area contributed by atoms with Crippen molar-refractivity contribution in [2.45, 2.75) is 32.7 Å². The first kappa shape index (κ1) is 14.8. The molecule has 4 rings (SSSR count). The maximum Gasteiger partial charge on any atom is 0.180 e. The van der Waals surface area contributed by atoms with Crippen LogP contribution in [0.25, 0.3) is 11.5 Å². The summed E-state index contributed by atoms with van der Waals surface area (Å²) in [6.45, 7) is 2.81. The number of aryl methyl sites for hydroxylation is 2. The molecule has 0 saturated carbocycles. The van der Waals surface area contributed by atoms with Crippen molar-refractivity contribution in [3.8, 4) is 11.5 Å². The Bertz CT molecular complexity index is 861. The van der Waals surface area contributed by atoms with E-state index in [1.54, 1.807) is 6.20 Å². The average Bonchev–Trinajstić information content (AvgIpc) is 3.10. The van der Waals surface area contributed by atoms with E-state index >= 15 is 0 Å². The predicted molar refractivity (Wildman–Crippen MR) is 93.6 cm³/mol. The first-order chi connectivity index (χ1) is 11.8. The number of aromatic nitrogens is 4. The zero-order valence-corrected chi connectivity index (χ0v) is 13.7. The van der Waals surface area contributed by atoms with Crippen LogP contribution in [0, 0.1) is 6.92 Å². The van der Waals surface area contributed by atoms with Crippen LogP contribution < -0.4 is 5.32 Å². The maximum absolute atomic E-state index is 4.76.